The molecular weight excluding hydrogens is 398 g/mol. The number of hydrogen-bond acceptors (Lipinski definition) is 4. The minimum absolute atomic E-state index is 0.109. The quantitative estimate of drug-likeness (QED) is 0.679. The van der Waals surface area contributed by atoms with Crippen molar-refractivity contribution in [3.63, 3.8) is 0 Å². The van der Waals surface area contributed by atoms with Crippen molar-refractivity contribution in [2.45, 2.75) is 43.2 Å². The lowest BCUT2D eigenvalue weighted by molar-refractivity contribution is 0.0908. The van der Waals surface area contributed by atoms with Crippen LogP contribution in [0.3, 0.4) is 0 Å². The van der Waals surface area contributed by atoms with Crippen LogP contribution in [0.2, 0.25) is 0 Å². The Hall–Kier alpha value is -2.22. The van der Waals surface area contributed by atoms with Gasteiger partial charge in [-0.05, 0) is 55.4 Å². The number of likely N-dealkylation sites (tertiary alicyclic amines) is 1. The normalized spacial score (nSPS) is 18.3. The van der Waals surface area contributed by atoms with Gasteiger partial charge in [0.1, 0.15) is 0 Å². The van der Waals surface area contributed by atoms with Gasteiger partial charge >= 0.3 is 0 Å². The summed E-state index contributed by atoms with van der Waals surface area (Å²) in [4.78, 5) is 15.2. The van der Waals surface area contributed by atoms with E-state index in [9.17, 15) is 13.2 Å². The Morgan fingerprint density at radius 3 is 2.40 bits per heavy atom. The molecule has 7 heteroatoms. The maximum absolute atomic E-state index is 12.7. The monoisotopic (exact) mass is 427 g/mol. The molecule has 2 N–H and O–H groups in total. The molecular formula is C23H29N3O3S. The fourth-order valence-corrected chi connectivity index (χ4v) is 4.94. The third kappa shape index (κ3) is 5.68. The molecule has 0 aromatic heterocycles. The fourth-order valence-electron chi connectivity index (χ4n) is 3.78. The highest BCUT2D eigenvalue weighted by Gasteiger charge is 2.25. The Kier molecular flexibility index (Phi) is 6.51. The molecule has 1 saturated heterocycles. The van der Waals surface area contributed by atoms with Gasteiger partial charge in [0.2, 0.25) is 10.0 Å². The van der Waals surface area contributed by atoms with E-state index in [0.717, 1.165) is 45.3 Å². The summed E-state index contributed by atoms with van der Waals surface area (Å²) in [5.74, 6) is 0.245. The zero-order valence-electron chi connectivity index (χ0n) is 17.1. The van der Waals surface area contributed by atoms with Crippen molar-refractivity contribution in [2.75, 3.05) is 19.6 Å². The first-order valence-corrected chi connectivity index (χ1v) is 12.1. The second kappa shape index (κ2) is 9.29. The second-order valence-electron chi connectivity index (χ2n) is 8.33. The Bertz CT molecular complexity index is 966. The molecule has 2 aromatic rings. The van der Waals surface area contributed by atoms with Gasteiger partial charge in [0.25, 0.3) is 5.91 Å². The number of benzene rings is 2. The molecule has 0 radical (unpaired) electrons. The first-order chi connectivity index (χ1) is 14.5. The van der Waals surface area contributed by atoms with Crippen molar-refractivity contribution in [1.82, 2.24) is 14.9 Å². The number of hydrogen-bond donors (Lipinski definition) is 2. The average molecular weight is 428 g/mol. The predicted molar refractivity (Wildman–Crippen MR) is 117 cm³/mol. The summed E-state index contributed by atoms with van der Waals surface area (Å²) in [6.45, 7) is 3.26. The number of nitrogens with zero attached hydrogens (tertiary/aromatic N) is 1. The lowest BCUT2D eigenvalue weighted by Crippen LogP contribution is -2.44. The van der Waals surface area contributed by atoms with Gasteiger partial charge in [-0.25, -0.2) is 13.1 Å². The summed E-state index contributed by atoms with van der Waals surface area (Å²) < 4.78 is 27.6. The van der Waals surface area contributed by atoms with Crippen molar-refractivity contribution in [1.29, 1.82) is 0 Å². The summed E-state index contributed by atoms with van der Waals surface area (Å²) in [6.07, 6.45) is 3.93. The SMILES string of the molecule is O=C(NC1CCN(Cc2ccccc2)CC1)c1cccc(S(=O)(=O)NCC2CC2)c1. The van der Waals surface area contributed by atoms with Crippen LogP contribution in [-0.2, 0) is 16.6 Å². The number of piperidine rings is 1. The number of carbonyl (C=O) groups is 1. The number of amides is 1. The molecule has 1 saturated carbocycles. The third-order valence-electron chi connectivity index (χ3n) is 5.84. The van der Waals surface area contributed by atoms with Gasteiger partial charge in [-0.15, -0.1) is 0 Å². The highest BCUT2D eigenvalue weighted by molar-refractivity contribution is 7.89. The van der Waals surface area contributed by atoms with Crippen LogP contribution in [0, 0.1) is 5.92 Å². The minimum atomic E-state index is -3.58. The Labute approximate surface area is 178 Å². The summed E-state index contributed by atoms with van der Waals surface area (Å²) in [5.41, 5.74) is 1.68. The predicted octanol–water partition coefficient (Wildman–Crippen LogP) is 2.77. The minimum Gasteiger partial charge on any atom is -0.349 e. The molecule has 6 nitrogen and oxygen atoms in total. The van der Waals surface area contributed by atoms with Gasteiger partial charge in [0, 0.05) is 37.8 Å². The van der Waals surface area contributed by atoms with Crippen molar-refractivity contribution < 1.29 is 13.2 Å². The van der Waals surface area contributed by atoms with E-state index >= 15 is 0 Å². The molecule has 1 aliphatic heterocycles. The van der Waals surface area contributed by atoms with Crippen LogP contribution in [0.1, 0.15) is 41.6 Å². The third-order valence-corrected chi connectivity index (χ3v) is 7.26. The number of carbonyl (C=O) groups excluding carboxylic acids is 1. The molecule has 4 rings (SSSR count). The van der Waals surface area contributed by atoms with E-state index in [4.69, 9.17) is 0 Å². The average Bonchev–Trinajstić information content (AvgIpc) is 3.59. The Balaban J connectivity index is 1.30. The molecule has 1 aliphatic carbocycles. The molecule has 30 heavy (non-hydrogen) atoms. The lowest BCUT2D eigenvalue weighted by atomic mass is 10.0. The molecule has 1 amide bonds. The van der Waals surface area contributed by atoms with E-state index in [1.165, 1.54) is 17.7 Å². The van der Waals surface area contributed by atoms with Crippen LogP contribution < -0.4 is 10.0 Å². The van der Waals surface area contributed by atoms with Crippen molar-refractivity contribution >= 4 is 15.9 Å². The number of rotatable bonds is 8. The van der Waals surface area contributed by atoms with E-state index in [1.807, 2.05) is 6.07 Å². The van der Waals surface area contributed by atoms with Gasteiger partial charge in [-0.1, -0.05) is 36.4 Å². The molecule has 0 atom stereocenters. The molecule has 160 valence electrons. The van der Waals surface area contributed by atoms with Gasteiger partial charge in [0.15, 0.2) is 0 Å². The summed E-state index contributed by atoms with van der Waals surface area (Å²) in [6, 6.07) is 16.8. The topological polar surface area (TPSA) is 78.5 Å². The van der Waals surface area contributed by atoms with Crippen molar-refractivity contribution in [3.05, 3.63) is 65.7 Å². The zero-order valence-corrected chi connectivity index (χ0v) is 17.9. The van der Waals surface area contributed by atoms with Crippen molar-refractivity contribution in [2.24, 2.45) is 5.92 Å². The van der Waals surface area contributed by atoms with E-state index < -0.39 is 10.0 Å². The lowest BCUT2D eigenvalue weighted by Gasteiger charge is -2.32. The van der Waals surface area contributed by atoms with Gasteiger partial charge in [-0.2, -0.15) is 0 Å². The maximum Gasteiger partial charge on any atom is 0.251 e. The number of nitrogens with one attached hydrogen (secondary N) is 2. The van der Waals surface area contributed by atoms with Crippen LogP contribution in [0.15, 0.2) is 59.5 Å². The first-order valence-electron chi connectivity index (χ1n) is 10.7. The highest BCUT2D eigenvalue weighted by atomic mass is 32.2. The summed E-state index contributed by atoms with van der Waals surface area (Å²) in [5, 5.41) is 3.08. The molecule has 0 unspecified atom stereocenters. The molecule has 2 aliphatic rings. The molecule has 0 spiro atoms. The largest absolute Gasteiger partial charge is 0.349 e. The summed E-state index contributed by atoms with van der Waals surface area (Å²) in [7, 11) is -3.58. The first kappa shape index (κ1) is 21.0. The van der Waals surface area contributed by atoms with E-state index in [-0.39, 0.29) is 16.8 Å². The zero-order chi connectivity index (χ0) is 21.0. The Morgan fingerprint density at radius 1 is 0.967 bits per heavy atom. The van der Waals surface area contributed by atoms with Crippen LogP contribution in [0.25, 0.3) is 0 Å². The molecule has 2 fully saturated rings. The molecule has 2 aromatic carbocycles. The van der Waals surface area contributed by atoms with Crippen LogP contribution in [0.4, 0.5) is 0 Å². The Morgan fingerprint density at radius 2 is 1.70 bits per heavy atom. The number of sulfonamides is 1. The van der Waals surface area contributed by atoms with Gasteiger partial charge in [-0.3, -0.25) is 9.69 Å². The van der Waals surface area contributed by atoms with Crippen molar-refractivity contribution in [3.8, 4) is 0 Å². The molecule has 1 heterocycles. The van der Waals surface area contributed by atoms with Crippen LogP contribution in [-0.4, -0.2) is 44.9 Å². The fraction of sp³-hybridized carbons (Fsp3) is 0.435. The van der Waals surface area contributed by atoms with Crippen LogP contribution >= 0.6 is 0 Å². The second-order valence-corrected chi connectivity index (χ2v) is 10.1. The van der Waals surface area contributed by atoms with Crippen LogP contribution in [0.5, 0.6) is 0 Å². The van der Waals surface area contributed by atoms with Gasteiger partial charge in [0.05, 0.1) is 4.90 Å². The van der Waals surface area contributed by atoms with E-state index in [0.29, 0.717) is 18.0 Å². The molecule has 0 bridgehead atoms. The maximum atomic E-state index is 12.7. The highest BCUT2D eigenvalue weighted by Crippen LogP contribution is 2.28. The van der Waals surface area contributed by atoms with E-state index in [2.05, 4.69) is 39.2 Å². The smallest absolute Gasteiger partial charge is 0.251 e. The van der Waals surface area contributed by atoms with Gasteiger partial charge < -0.3 is 5.32 Å². The standard InChI is InChI=1S/C23H29N3O3S/c27-23(20-7-4-8-22(15-20)30(28,29)24-16-18-9-10-18)25-21-11-13-26(14-12-21)17-19-5-2-1-3-6-19/h1-8,15,18,21,24H,9-14,16-17H2,(H,25,27). The van der Waals surface area contributed by atoms with E-state index in [1.54, 1.807) is 12.1 Å². The summed E-state index contributed by atoms with van der Waals surface area (Å²) >= 11 is 0.